The van der Waals surface area contributed by atoms with Crippen LogP contribution in [0, 0.1) is 23.1 Å². The van der Waals surface area contributed by atoms with Crippen LogP contribution in [0.3, 0.4) is 0 Å². The zero-order valence-electron chi connectivity index (χ0n) is 16.9. The van der Waals surface area contributed by atoms with Crippen molar-refractivity contribution in [2.24, 2.45) is 5.92 Å². The minimum absolute atomic E-state index is 0.127. The highest BCUT2D eigenvalue weighted by atomic mass is 19.1. The van der Waals surface area contributed by atoms with Gasteiger partial charge in [-0.05, 0) is 73.7 Å². The smallest absolute Gasteiger partial charge is 0.178 e. The monoisotopic (exact) mass is 398 g/mol. The molecule has 2 aromatic carbocycles. The van der Waals surface area contributed by atoms with E-state index >= 15 is 0 Å². The number of aliphatic hydroxyl groups excluding tert-OH is 1. The van der Waals surface area contributed by atoms with E-state index in [0.717, 1.165) is 44.5 Å². The summed E-state index contributed by atoms with van der Waals surface area (Å²) in [5, 5.41) is 20.3. The van der Waals surface area contributed by atoms with E-state index in [4.69, 9.17) is 9.47 Å². The molecular formula is C23H27FN2O3. The van der Waals surface area contributed by atoms with Crippen LogP contribution in [0.4, 0.5) is 4.39 Å². The predicted octanol–water partition coefficient (Wildman–Crippen LogP) is 3.70. The number of methoxy groups -OCH3 is 2. The summed E-state index contributed by atoms with van der Waals surface area (Å²) in [6.07, 6.45) is 1.98. The summed E-state index contributed by atoms with van der Waals surface area (Å²) < 4.78 is 23.6. The molecule has 2 aromatic rings. The molecule has 0 aliphatic carbocycles. The van der Waals surface area contributed by atoms with Crippen molar-refractivity contribution in [1.29, 1.82) is 5.26 Å². The van der Waals surface area contributed by atoms with Gasteiger partial charge in [0.15, 0.2) is 11.5 Å². The molecule has 1 N–H and O–H groups in total. The molecule has 1 atom stereocenters. The number of hydrogen-bond acceptors (Lipinski definition) is 5. The van der Waals surface area contributed by atoms with Crippen molar-refractivity contribution in [3.8, 4) is 17.6 Å². The number of hydrogen-bond donors (Lipinski definition) is 1. The molecule has 5 nitrogen and oxygen atoms in total. The topological polar surface area (TPSA) is 65.7 Å². The van der Waals surface area contributed by atoms with Crippen LogP contribution in [0.1, 0.15) is 35.6 Å². The van der Waals surface area contributed by atoms with Crippen molar-refractivity contribution in [2.75, 3.05) is 33.9 Å². The Balaban J connectivity index is 1.59. The lowest BCUT2D eigenvalue weighted by Crippen LogP contribution is -2.36. The predicted molar refractivity (Wildman–Crippen MR) is 108 cm³/mol. The van der Waals surface area contributed by atoms with Crippen molar-refractivity contribution >= 4 is 0 Å². The lowest BCUT2D eigenvalue weighted by Gasteiger charge is -2.34. The van der Waals surface area contributed by atoms with Crippen molar-refractivity contribution in [1.82, 2.24) is 4.90 Å². The van der Waals surface area contributed by atoms with Gasteiger partial charge >= 0.3 is 0 Å². The van der Waals surface area contributed by atoms with E-state index in [1.807, 2.05) is 12.1 Å². The molecule has 1 unspecified atom stereocenters. The Kier molecular flexibility index (Phi) is 7.08. The number of nitrogens with zero attached hydrogens (tertiary/aromatic N) is 2. The van der Waals surface area contributed by atoms with Gasteiger partial charge in [0.2, 0.25) is 0 Å². The van der Waals surface area contributed by atoms with E-state index in [9.17, 15) is 14.8 Å². The quantitative estimate of drug-likeness (QED) is 0.770. The molecule has 1 fully saturated rings. The molecule has 0 bridgehead atoms. The summed E-state index contributed by atoms with van der Waals surface area (Å²) in [4.78, 5) is 2.38. The van der Waals surface area contributed by atoms with E-state index in [1.54, 1.807) is 12.1 Å². The highest BCUT2D eigenvalue weighted by Crippen LogP contribution is 2.38. The van der Waals surface area contributed by atoms with Gasteiger partial charge in [-0.2, -0.15) is 5.26 Å². The molecule has 0 saturated carbocycles. The minimum Gasteiger partial charge on any atom is -0.493 e. The molecule has 154 valence electrons. The molecule has 0 spiro atoms. The standard InChI is InChI=1S/C23H27FN2O3/c1-28-21-14-18(13-19(15-25)23(21)29-2)22(27)17-8-11-26(12-9-17)10-7-16-3-5-20(24)6-4-16/h3-6,13-14,17,22,27H,7-12H2,1-2H3. The second-order valence-corrected chi connectivity index (χ2v) is 7.42. The van der Waals surface area contributed by atoms with Crippen molar-refractivity contribution in [3.05, 3.63) is 58.9 Å². The van der Waals surface area contributed by atoms with Crippen molar-refractivity contribution in [2.45, 2.75) is 25.4 Å². The van der Waals surface area contributed by atoms with E-state index in [2.05, 4.69) is 11.0 Å². The molecule has 1 aliphatic rings. The molecular weight excluding hydrogens is 371 g/mol. The van der Waals surface area contributed by atoms with Gasteiger partial charge in [-0.3, -0.25) is 0 Å². The summed E-state index contributed by atoms with van der Waals surface area (Å²) in [6, 6.07) is 12.2. The minimum atomic E-state index is -0.652. The number of likely N-dealkylation sites (tertiary alicyclic amines) is 1. The third-order valence-corrected chi connectivity index (χ3v) is 5.67. The number of rotatable bonds is 7. The molecule has 1 aliphatic heterocycles. The first-order valence-electron chi connectivity index (χ1n) is 9.86. The van der Waals surface area contributed by atoms with Crippen LogP contribution in [-0.4, -0.2) is 43.9 Å². The van der Waals surface area contributed by atoms with E-state index < -0.39 is 6.10 Å². The van der Waals surface area contributed by atoms with E-state index in [1.165, 1.54) is 26.4 Å². The van der Waals surface area contributed by atoms with Crippen LogP contribution in [0.25, 0.3) is 0 Å². The van der Waals surface area contributed by atoms with Gasteiger partial charge in [-0.1, -0.05) is 12.1 Å². The summed E-state index contributed by atoms with van der Waals surface area (Å²) in [5.74, 6) is 0.763. The third-order valence-electron chi connectivity index (χ3n) is 5.67. The number of nitriles is 1. The molecule has 0 amide bonds. The number of benzene rings is 2. The molecule has 6 heteroatoms. The Morgan fingerprint density at radius 3 is 2.45 bits per heavy atom. The molecule has 3 rings (SSSR count). The fourth-order valence-electron chi connectivity index (χ4n) is 3.94. The van der Waals surface area contributed by atoms with Crippen molar-refractivity contribution < 1.29 is 19.0 Å². The van der Waals surface area contributed by atoms with Gasteiger partial charge in [0.1, 0.15) is 11.9 Å². The lowest BCUT2D eigenvalue weighted by molar-refractivity contribution is 0.0590. The largest absolute Gasteiger partial charge is 0.493 e. The zero-order chi connectivity index (χ0) is 20.8. The second kappa shape index (κ2) is 9.73. The Morgan fingerprint density at radius 1 is 1.17 bits per heavy atom. The second-order valence-electron chi connectivity index (χ2n) is 7.42. The van der Waals surface area contributed by atoms with Crippen molar-refractivity contribution in [3.63, 3.8) is 0 Å². The zero-order valence-corrected chi connectivity index (χ0v) is 16.9. The maximum absolute atomic E-state index is 13.0. The third kappa shape index (κ3) is 5.06. The molecule has 0 radical (unpaired) electrons. The van der Waals surface area contributed by atoms with Gasteiger partial charge in [0, 0.05) is 6.54 Å². The van der Waals surface area contributed by atoms with Gasteiger partial charge in [-0.15, -0.1) is 0 Å². The Hall–Kier alpha value is -2.62. The van der Waals surface area contributed by atoms with E-state index in [-0.39, 0.29) is 11.7 Å². The van der Waals surface area contributed by atoms with Crippen LogP contribution < -0.4 is 9.47 Å². The first-order valence-corrected chi connectivity index (χ1v) is 9.86. The average molecular weight is 398 g/mol. The fraction of sp³-hybridized carbons (Fsp3) is 0.435. The maximum atomic E-state index is 13.0. The van der Waals surface area contributed by atoms with E-state index in [0.29, 0.717) is 22.6 Å². The molecule has 29 heavy (non-hydrogen) atoms. The summed E-state index contributed by atoms with van der Waals surface area (Å²) in [6.45, 7) is 2.73. The van der Waals surface area contributed by atoms with Crippen LogP contribution >= 0.6 is 0 Å². The Bertz CT molecular complexity index is 856. The lowest BCUT2D eigenvalue weighted by atomic mass is 9.86. The number of aliphatic hydroxyl groups is 1. The average Bonchev–Trinajstić information content (AvgIpc) is 2.77. The number of halogens is 1. The first-order chi connectivity index (χ1) is 14.0. The van der Waals surface area contributed by atoms with Gasteiger partial charge < -0.3 is 19.5 Å². The SMILES string of the molecule is COc1cc(C(O)C2CCN(CCc3ccc(F)cc3)CC2)cc(C#N)c1OC. The molecule has 1 saturated heterocycles. The van der Waals surface area contributed by atoms with Gasteiger partial charge in [0.05, 0.1) is 25.9 Å². The summed E-state index contributed by atoms with van der Waals surface area (Å²) in [5.41, 5.74) is 2.17. The van der Waals surface area contributed by atoms with Crippen LogP contribution in [0.15, 0.2) is 36.4 Å². The summed E-state index contributed by atoms with van der Waals surface area (Å²) >= 11 is 0. The number of piperidine rings is 1. The maximum Gasteiger partial charge on any atom is 0.178 e. The molecule has 0 aromatic heterocycles. The van der Waals surface area contributed by atoms with Gasteiger partial charge in [-0.25, -0.2) is 4.39 Å². The Labute approximate surface area is 171 Å². The van der Waals surface area contributed by atoms with Gasteiger partial charge in [0.25, 0.3) is 0 Å². The fourth-order valence-corrected chi connectivity index (χ4v) is 3.94. The number of ether oxygens (including phenoxy) is 2. The van der Waals surface area contributed by atoms with Crippen LogP contribution in [0.2, 0.25) is 0 Å². The summed E-state index contributed by atoms with van der Waals surface area (Å²) in [7, 11) is 3.02. The first kappa shape index (κ1) is 21.1. The Morgan fingerprint density at radius 2 is 1.86 bits per heavy atom. The van der Waals surface area contributed by atoms with Crippen LogP contribution in [0.5, 0.6) is 11.5 Å². The highest BCUT2D eigenvalue weighted by Gasteiger charge is 2.27. The highest BCUT2D eigenvalue weighted by molar-refractivity contribution is 5.55. The molecule has 1 heterocycles. The van der Waals surface area contributed by atoms with Crippen LogP contribution in [-0.2, 0) is 6.42 Å². The normalized spacial score (nSPS) is 16.2.